The first-order valence-electron chi connectivity index (χ1n) is 6.69. The summed E-state index contributed by atoms with van der Waals surface area (Å²) < 4.78 is 32.5. The Hall–Kier alpha value is -1.96. The average molecular weight is 313 g/mol. The second kappa shape index (κ2) is 5.80. The van der Waals surface area contributed by atoms with Gasteiger partial charge in [0.05, 0.1) is 11.8 Å². The molecule has 0 spiro atoms. The zero-order valence-electron chi connectivity index (χ0n) is 12.0. The van der Waals surface area contributed by atoms with Crippen molar-refractivity contribution in [1.82, 2.24) is 4.72 Å². The molecule has 0 radical (unpaired) electrons. The standard InChI is InChI=1S/C13H19N3O4S/c1-9(2)20-13(17)15-21(18,19)16-7-3-4-10-5-6-11(14)8-12(10)16/h5-6,8-9H,3-4,7,14H2,1-2H3,(H,15,17). The van der Waals surface area contributed by atoms with Crippen molar-refractivity contribution >= 4 is 27.7 Å². The van der Waals surface area contributed by atoms with Crippen molar-refractivity contribution < 1.29 is 17.9 Å². The maximum absolute atomic E-state index is 12.3. The van der Waals surface area contributed by atoms with Gasteiger partial charge in [-0.05, 0) is 44.4 Å². The van der Waals surface area contributed by atoms with Gasteiger partial charge in [-0.1, -0.05) is 6.07 Å². The van der Waals surface area contributed by atoms with Gasteiger partial charge in [-0.2, -0.15) is 8.42 Å². The molecule has 1 aliphatic heterocycles. The van der Waals surface area contributed by atoms with Crippen molar-refractivity contribution in [2.45, 2.75) is 32.8 Å². The molecular weight excluding hydrogens is 294 g/mol. The largest absolute Gasteiger partial charge is 0.446 e. The average Bonchev–Trinajstić information content (AvgIpc) is 2.35. The Balaban J connectivity index is 2.26. The van der Waals surface area contributed by atoms with Crippen molar-refractivity contribution in [2.75, 3.05) is 16.6 Å². The number of ether oxygens (including phenoxy) is 1. The number of hydrogen-bond donors (Lipinski definition) is 2. The highest BCUT2D eigenvalue weighted by atomic mass is 32.2. The zero-order valence-corrected chi connectivity index (χ0v) is 12.8. The molecule has 0 aromatic heterocycles. The molecule has 116 valence electrons. The van der Waals surface area contributed by atoms with Crippen LogP contribution in [-0.4, -0.2) is 27.2 Å². The third-order valence-corrected chi connectivity index (χ3v) is 4.41. The summed E-state index contributed by atoms with van der Waals surface area (Å²) in [5.74, 6) is 0. The van der Waals surface area contributed by atoms with Crippen LogP contribution in [0.3, 0.4) is 0 Å². The number of aryl methyl sites for hydroxylation is 1. The Morgan fingerprint density at radius 1 is 1.43 bits per heavy atom. The summed E-state index contributed by atoms with van der Waals surface area (Å²) >= 11 is 0. The molecule has 0 saturated carbocycles. The molecule has 0 bridgehead atoms. The quantitative estimate of drug-likeness (QED) is 0.821. The Bertz CT molecular complexity index is 643. The van der Waals surface area contributed by atoms with Crippen LogP contribution in [0.25, 0.3) is 0 Å². The molecule has 1 aliphatic rings. The van der Waals surface area contributed by atoms with E-state index in [2.05, 4.69) is 0 Å². The molecule has 0 unspecified atom stereocenters. The number of nitrogens with one attached hydrogen (secondary N) is 1. The van der Waals surface area contributed by atoms with E-state index in [1.54, 1.807) is 32.0 Å². The highest BCUT2D eigenvalue weighted by Gasteiger charge is 2.29. The predicted octanol–water partition coefficient (Wildman–Crippen LogP) is 1.40. The first-order valence-corrected chi connectivity index (χ1v) is 8.13. The Labute approximate surface area is 124 Å². The van der Waals surface area contributed by atoms with Crippen LogP contribution in [0.5, 0.6) is 0 Å². The fourth-order valence-electron chi connectivity index (χ4n) is 2.21. The molecule has 2 rings (SSSR count). The SMILES string of the molecule is CC(C)OC(=O)NS(=O)(=O)N1CCCc2ccc(N)cc21. The van der Waals surface area contributed by atoms with Crippen LogP contribution < -0.4 is 14.8 Å². The molecule has 0 aliphatic carbocycles. The van der Waals surface area contributed by atoms with E-state index in [9.17, 15) is 13.2 Å². The molecule has 0 saturated heterocycles. The minimum atomic E-state index is -4.01. The van der Waals surface area contributed by atoms with E-state index in [1.165, 1.54) is 0 Å². The van der Waals surface area contributed by atoms with Gasteiger partial charge in [0.1, 0.15) is 0 Å². The second-order valence-electron chi connectivity index (χ2n) is 5.13. The molecule has 21 heavy (non-hydrogen) atoms. The van der Waals surface area contributed by atoms with Gasteiger partial charge in [-0.25, -0.2) is 9.52 Å². The summed E-state index contributed by atoms with van der Waals surface area (Å²) in [6.07, 6.45) is 0.0697. The third-order valence-electron chi connectivity index (χ3n) is 3.03. The Morgan fingerprint density at radius 2 is 2.14 bits per heavy atom. The molecule has 0 fully saturated rings. The van der Waals surface area contributed by atoms with Crippen molar-refractivity contribution in [3.63, 3.8) is 0 Å². The monoisotopic (exact) mass is 313 g/mol. The number of carbonyl (C=O) groups is 1. The lowest BCUT2D eigenvalue weighted by molar-refractivity contribution is 0.121. The maximum atomic E-state index is 12.3. The van der Waals surface area contributed by atoms with Crippen LogP contribution in [0.15, 0.2) is 18.2 Å². The van der Waals surface area contributed by atoms with Gasteiger partial charge in [-0.15, -0.1) is 0 Å². The zero-order chi connectivity index (χ0) is 15.6. The summed E-state index contributed by atoms with van der Waals surface area (Å²) in [7, 11) is -4.01. The number of fused-ring (bicyclic) bond motifs is 1. The van der Waals surface area contributed by atoms with Crippen molar-refractivity contribution in [3.8, 4) is 0 Å². The number of nitrogen functional groups attached to an aromatic ring is 1. The molecule has 0 atom stereocenters. The lowest BCUT2D eigenvalue weighted by Crippen LogP contribution is -2.46. The van der Waals surface area contributed by atoms with Crippen LogP contribution in [-0.2, 0) is 21.4 Å². The van der Waals surface area contributed by atoms with E-state index in [4.69, 9.17) is 10.5 Å². The topological polar surface area (TPSA) is 102 Å². The van der Waals surface area contributed by atoms with Gasteiger partial charge in [0.15, 0.2) is 0 Å². The summed E-state index contributed by atoms with van der Waals surface area (Å²) in [6.45, 7) is 3.58. The van der Waals surface area contributed by atoms with Crippen molar-refractivity contribution in [2.24, 2.45) is 0 Å². The molecule has 1 amide bonds. The van der Waals surface area contributed by atoms with E-state index < -0.39 is 22.4 Å². The third kappa shape index (κ3) is 3.57. The molecule has 1 aromatic rings. The van der Waals surface area contributed by atoms with Gasteiger partial charge in [-0.3, -0.25) is 4.31 Å². The Kier molecular flexibility index (Phi) is 4.26. The van der Waals surface area contributed by atoms with Crippen LogP contribution in [0.1, 0.15) is 25.8 Å². The van der Waals surface area contributed by atoms with E-state index in [0.29, 0.717) is 24.3 Å². The van der Waals surface area contributed by atoms with Gasteiger partial charge < -0.3 is 10.5 Å². The lowest BCUT2D eigenvalue weighted by Gasteiger charge is -2.30. The van der Waals surface area contributed by atoms with E-state index in [0.717, 1.165) is 16.3 Å². The minimum Gasteiger partial charge on any atom is -0.446 e. The number of hydrogen-bond acceptors (Lipinski definition) is 5. The molecule has 3 N–H and O–H groups in total. The number of nitrogens with two attached hydrogens (primary N) is 1. The number of carbonyl (C=O) groups excluding carboxylic acids is 1. The summed E-state index contributed by atoms with van der Waals surface area (Å²) in [6, 6.07) is 5.13. The van der Waals surface area contributed by atoms with Crippen LogP contribution in [0, 0.1) is 0 Å². The summed E-state index contributed by atoms with van der Waals surface area (Å²) in [5, 5.41) is 0. The van der Waals surface area contributed by atoms with E-state index >= 15 is 0 Å². The van der Waals surface area contributed by atoms with Gasteiger partial charge in [0.25, 0.3) is 0 Å². The minimum absolute atomic E-state index is 0.292. The van der Waals surface area contributed by atoms with E-state index in [1.807, 2.05) is 4.72 Å². The molecule has 8 heteroatoms. The van der Waals surface area contributed by atoms with Gasteiger partial charge in [0, 0.05) is 12.2 Å². The van der Waals surface area contributed by atoms with Gasteiger partial charge in [0.2, 0.25) is 0 Å². The molecule has 1 heterocycles. The fraction of sp³-hybridized carbons (Fsp3) is 0.462. The number of anilines is 2. The number of nitrogens with zero attached hydrogens (tertiary/aromatic N) is 1. The van der Waals surface area contributed by atoms with E-state index in [-0.39, 0.29) is 0 Å². The molecule has 7 nitrogen and oxygen atoms in total. The Morgan fingerprint density at radius 3 is 2.81 bits per heavy atom. The smallest absolute Gasteiger partial charge is 0.422 e. The van der Waals surface area contributed by atoms with Crippen molar-refractivity contribution in [3.05, 3.63) is 23.8 Å². The normalized spacial score (nSPS) is 14.7. The first kappa shape index (κ1) is 15.4. The fourth-order valence-corrected chi connectivity index (χ4v) is 3.37. The number of rotatable bonds is 3. The molecule has 1 aromatic carbocycles. The second-order valence-corrected chi connectivity index (χ2v) is 6.72. The summed E-state index contributed by atoms with van der Waals surface area (Å²) in [4.78, 5) is 11.5. The van der Waals surface area contributed by atoms with Crippen LogP contribution in [0.2, 0.25) is 0 Å². The predicted molar refractivity (Wildman–Crippen MR) is 80.2 cm³/mol. The highest BCUT2D eigenvalue weighted by Crippen LogP contribution is 2.30. The number of benzene rings is 1. The number of amides is 1. The van der Waals surface area contributed by atoms with Crippen molar-refractivity contribution in [1.29, 1.82) is 0 Å². The maximum Gasteiger partial charge on any atom is 0.422 e. The van der Waals surface area contributed by atoms with Gasteiger partial charge >= 0.3 is 16.3 Å². The summed E-state index contributed by atoms with van der Waals surface area (Å²) in [5.41, 5.74) is 7.59. The first-order chi connectivity index (χ1) is 9.79. The van der Waals surface area contributed by atoms with Crippen LogP contribution in [0.4, 0.5) is 16.2 Å². The highest BCUT2D eigenvalue weighted by molar-refractivity contribution is 7.91. The lowest BCUT2D eigenvalue weighted by atomic mass is 10.0. The molecular formula is C13H19N3O4S. The van der Waals surface area contributed by atoms with Crippen LogP contribution >= 0.6 is 0 Å².